The number of benzene rings is 2. The molecule has 0 saturated heterocycles. The van der Waals surface area contributed by atoms with Crippen molar-refractivity contribution in [2.24, 2.45) is 0 Å². The topological polar surface area (TPSA) is 64.6 Å². The second-order valence-electron chi connectivity index (χ2n) is 7.21. The van der Waals surface area contributed by atoms with Gasteiger partial charge in [0.1, 0.15) is 17.1 Å². The summed E-state index contributed by atoms with van der Waals surface area (Å²) in [6.07, 6.45) is 0.313. The summed E-state index contributed by atoms with van der Waals surface area (Å²) in [6, 6.07) is 10.8. The van der Waals surface area contributed by atoms with Crippen molar-refractivity contribution in [1.29, 1.82) is 0 Å². The standard InChI is InChI=1S/C21H23NO4/c1-13-6-5-7-18(14(13)2)25-12-20(24)22-15-8-9-19-16(10-15)17(23)11-21(3,4)26-19/h5-10H,11-12H2,1-4H3,(H,22,24). The predicted molar refractivity (Wildman–Crippen MR) is 100 cm³/mol. The second kappa shape index (κ2) is 6.83. The van der Waals surface area contributed by atoms with Crippen molar-refractivity contribution in [1.82, 2.24) is 0 Å². The summed E-state index contributed by atoms with van der Waals surface area (Å²) in [6.45, 7) is 7.62. The van der Waals surface area contributed by atoms with Crippen LogP contribution in [-0.2, 0) is 4.79 Å². The Balaban J connectivity index is 1.66. The maximum atomic E-state index is 12.3. The van der Waals surface area contributed by atoms with E-state index in [1.807, 2.05) is 45.9 Å². The van der Waals surface area contributed by atoms with Crippen LogP contribution in [-0.4, -0.2) is 23.9 Å². The fourth-order valence-corrected chi connectivity index (χ4v) is 2.95. The van der Waals surface area contributed by atoms with E-state index in [0.29, 0.717) is 29.2 Å². The lowest BCUT2D eigenvalue weighted by atomic mass is 9.93. The van der Waals surface area contributed by atoms with Gasteiger partial charge in [-0.3, -0.25) is 9.59 Å². The van der Waals surface area contributed by atoms with E-state index in [-0.39, 0.29) is 18.3 Å². The molecule has 0 fully saturated rings. The Hall–Kier alpha value is -2.82. The van der Waals surface area contributed by atoms with Crippen LogP contribution >= 0.6 is 0 Å². The SMILES string of the molecule is Cc1cccc(OCC(=O)Nc2ccc3c(c2)C(=O)CC(C)(C)O3)c1C. The van der Waals surface area contributed by atoms with Crippen molar-refractivity contribution in [2.45, 2.75) is 39.7 Å². The van der Waals surface area contributed by atoms with Gasteiger partial charge in [0.25, 0.3) is 5.91 Å². The Morgan fingerprint density at radius 2 is 2.00 bits per heavy atom. The van der Waals surface area contributed by atoms with Crippen LogP contribution in [0.1, 0.15) is 41.8 Å². The minimum Gasteiger partial charge on any atom is -0.487 e. The zero-order valence-electron chi connectivity index (χ0n) is 15.5. The summed E-state index contributed by atoms with van der Waals surface area (Å²) in [5, 5.41) is 2.77. The highest BCUT2D eigenvalue weighted by atomic mass is 16.5. The quantitative estimate of drug-likeness (QED) is 0.900. The van der Waals surface area contributed by atoms with Crippen LogP contribution in [0.5, 0.6) is 11.5 Å². The summed E-state index contributed by atoms with van der Waals surface area (Å²) in [4.78, 5) is 24.5. The van der Waals surface area contributed by atoms with Crippen LogP contribution in [0.2, 0.25) is 0 Å². The van der Waals surface area contributed by atoms with Crippen molar-refractivity contribution in [2.75, 3.05) is 11.9 Å². The number of rotatable bonds is 4. The van der Waals surface area contributed by atoms with Crippen LogP contribution in [0.25, 0.3) is 0 Å². The molecule has 0 unspecified atom stereocenters. The van der Waals surface area contributed by atoms with Gasteiger partial charge in [-0.25, -0.2) is 0 Å². The monoisotopic (exact) mass is 353 g/mol. The number of aryl methyl sites for hydroxylation is 1. The fourth-order valence-electron chi connectivity index (χ4n) is 2.95. The zero-order valence-corrected chi connectivity index (χ0v) is 15.5. The molecule has 0 atom stereocenters. The number of hydrogen-bond acceptors (Lipinski definition) is 4. The predicted octanol–water partition coefficient (Wildman–Crippen LogP) is 4.06. The van der Waals surface area contributed by atoms with Gasteiger partial charge < -0.3 is 14.8 Å². The molecule has 1 N–H and O–H groups in total. The average molecular weight is 353 g/mol. The second-order valence-corrected chi connectivity index (χ2v) is 7.21. The first kappa shape index (κ1) is 18.0. The highest BCUT2D eigenvalue weighted by Gasteiger charge is 2.32. The first-order valence-electron chi connectivity index (χ1n) is 8.60. The van der Waals surface area contributed by atoms with Gasteiger partial charge in [-0.2, -0.15) is 0 Å². The number of carbonyl (C=O) groups is 2. The molecule has 5 heteroatoms. The Labute approximate surface area is 153 Å². The van der Waals surface area contributed by atoms with Gasteiger partial charge in [0.05, 0.1) is 12.0 Å². The van der Waals surface area contributed by atoms with Crippen LogP contribution < -0.4 is 14.8 Å². The van der Waals surface area contributed by atoms with Crippen LogP contribution in [0.3, 0.4) is 0 Å². The number of ketones is 1. The summed E-state index contributed by atoms with van der Waals surface area (Å²) in [7, 11) is 0. The van der Waals surface area contributed by atoms with Gasteiger partial charge in [0.15, 0.2) is 12.4 Å². The van der Waals surface area contributed by atoms with Crippen LogP contribution in [0, 0.1) is 13.8 Å². The molecule has 136 valence electrons. The number of ether oxygens (including phenoxy) is 2. The molecular weight excluding hydrogens is 330 g/mol. The zero-order chi connectivity index (χ0) is 18.9. The number of amides is 1. The van der Waals surface area contributed by atoms with E-state index >= 15 is 0 Å². The normalized spacial score (nSPS) is 15.0. The van der Waals surface area contributed by atoms with Gasteiger partial charge in [0.2, 0.25) is 0 Å². The summed E-state index contributed by atoms with van der Waals surface area (Å²) >= 11 is 0. The molecular formula is C21H23NO4. The van der Waals surface area contributed by atoms with E-state index in [9.17, 15) is 9.59 Å². The largest absolute Gasteiger partial charge is 0.487 e. The summed E-state index contributed by atoms with van der Waals surface area (Å²) < 4.78 is 11.4. The van der Waals surface area contributed by atoms with Gasteiger partial charge in [0, 0.05) is 5.69 Å². The summed E-state index contributed by atoms with van der Waals surface area (Å²) in [5.41, 5.74) is 2.67. The van der Waals surface area contributed by atoms with E-state index in [1.54, 1.807) is 18.2 Å². The highest BCUT2D eigenvalue weighted by Crippen LogP contribution is 2.34. The number of hydrogen-bond donors (Lipinski definition) is 1. The Morgan fingerprint density at radius 3 is 2.77 bits per heavy atom. The van der Waals surface area contributed by atoms with Gasteiger partial charge in [-0.05, 0) is 63.1 Å². The number of nitrogens with one attached hydrogen (secondary N) is 1. The molecule has 1 amide bonds. The van der Waals surface area contributed by atoms with Gasteiger partial charge in [-0.1, -0.05) is 12.1 Å². The molecule has 1 aliphatic heterocycles. The third-order valence-corrected chi connectivity index (χ3v) is 4.45. The Morgan fingerprint density at radius 1 is 1.23 bits per heavy atom. The maximum Gasteiger partial charge on any atom is 0.262 e. The van der Waals surface area contributed by atoms with Gasteiger partial charge >= 0.3 is 0 Å². The molecule has 0 aliphatic carbocycles. The molecule has 26 heavy (non-hydrogen) atoms. The van der Waals surface area contributed by atoms with Crippen molar-refractivity contribution >= 4 is 17.4 Å². The van der Waals surface area contributed by atoms with Crippen molar-refractivity contribution < 1.29 is 19.1 Å². The summed E-state index contributed by atoms with van der Waals surface area (Å²) in [5.74, 6) is 0.974. The number of fused-ring (bicyclic) bond motifs is 1. The molecule has 2 aromatic carbocycles. The van der Waals surface area contributed by atoms with Crippen molar-refractivity contribution in [3.8, 4) is 11.5 Å². The minimum atomic E-state index is -0.506. The molecule has 0 radical (unpaired) electrons. The first-order valence-corrected chi connectivity index (χ1v) is 8.60. The molecule has 0 spiro atoms. The molecule has 1 aliphatic rings. The molecule has 5 nitrogen and oxygen atoms in total. The van der Waals surface area contributed by atoms with E-state index in [0.717, 1.165) is 11.1 Å². The number of Topliss-reactive ketones (excluding diaryl/α,β-unsaturated/α-hetero) is 1. The van der Waals surface area contributed by atoms with Crippen molar-refractivity contribution in [3.63, 3.8) is 0 Å². The number of anilines is 1. The number of carbonyl (C=O) groups excluding carboxylic acids is 2. The lowest BCUT2D eigenvalue weighted by Crippen LogP contribution is -2.35. The first-order chi connectivity index (χ1) is 12.2. The molecule has 1 heterocycles. The molecule has 2 aromatic rings. The van der Waals surface area contributed by atoms with Crippen LogP contribution in [0.15, 0.2) is 36.4 Å². The highest BCUT2D eigenvalue weighted by molar-refractivity contribution is 6.02. The Kier molecular flexibility index (Phi) is 4.72. The lowest BCUT2D eigenvalue weighted by Gasteiger charge is -2.31. The fraction of sp³-hybridized carbons (Fsp3) is 0.333. The Bertz CT molecular complexity index is 870. The minimum absolute atomic E-state index is 0.0129. The third-order valence-electron chi connectivity index (χ3n) is 4.45. The molecule has 0 saturated carbocycles. The third kappa shape index (κ3) is 3.87. The van der Waals surface area contributed by atoms with Gasteiger partial charge in [-0.15, -0.1) is 0 Å². The van der Waals surface area contributed by atoms with E-state index < -0.39 is 5.60 Å². The van der Waals surface area contributed by atoms with Crippen LogP contribution in [0.4, 0.5) is 5.69 Å². The lowest BCUT2D eigenvalue weighted by molar-refractivity contribution is -0.118. The van der Waals surface area contributed by atoms with E-state index in [2.05, 4.69) is 5.32 Å². The molecule has 3 rings (SSSR count). The van der Waals surface area contributed by atoms with E-state index in [1.165, 1.54) is 0 Å². The van der Waals surface area contributed by atoms with E-state index in [4.69, 9.17) is 9.47 Å². The average Bonchev–Trinajstić information content (AvgIpc) is 2.56. The van der Waals surface area contributed by atoms with Crippen molar-refractivity contribution in [3.05, 3.63) is 53.1 Å². The maximum absolute atomic E-state index is 12.3. The molecule has 0 bridgehead atoms. The molecule has 0 aromatic heterocycles. The smallest absolute Gasteiger partial charge is 0.262 e.